The summed E-state index contributed by atoms with van der Waals surface area (Å²) in [4.78, 5) is 6.56. The number of hydrogen-bond donors (Lipinski definition) is 2. The zero-order chi connectivity index (χ0) is 16.7. The first kappa shape index (κ1) is 21.6. The van der Waals surface area contributed by atoms with Gasteiger partial charge < -0.3 is 15.5 Å². The Balaban J connectivity index is 0.00000288. The maximum absolute atomic E-state index is 4.36. The van der Waals surface area contributed by atoms with Crippen LogP contribution >= 0.6 is 35.7 Å². The molecule has 1 aromatic rings. The maximum Gasteiger partial charge on any atom is 0.191 e. The van der Waals surface area contributed by atoms with Crippen LogP contribution < -0.4 is 10.6 Å². The molecule has 1 aliphatic rings. The van der Waals surface area contributed by atoms with Crippen LogP contribution in [-0.2, 0) is 13.1 Å². The molecule has 2 N–H and O–H groups in total. The summed E-state index contributed by atoms with van der Waals surface area (Å²) >= 11 is 2.07. The molecular weight excluding hydrogens is 431 g/mol. The van der Waals surface area contributed by atoms with E-state index in [4.69, 9.17) is 0 Å². The smallest absolute Gasteiger partial charge is 0.191 e. The van der Waals surface area contributed by atoms with Gasteiger partial charge in [0.05, 0.1) is 0 Å². The molecule has 0 bridgehead atoms. The first-order valence-electron chi connectivity index (χ1n) is 8.32. The van der Waals surface area contributed by atoms with Crippen LogP contribution in [0.4, 0.5) is 0 Å². The van der Waals surface area contributed by atoms with Gasteiger partial charge >= 0.3 is 0 Å². The van der Waals surface area contributed by atoms with Gasteiger partial charge in [0.2, 0.25) is 0 Å². The van der Waals surface area contributed by atoms with E-state index in [2.05, 4.69) is 77.6 Å². The summed E-state index contributed by atoms with van der Waals surface area (Å²) in [5.74, 6) is 2.17. The van der Waals surface area contributed by atoms with Crippen molar-refractivity contribution in [1.82, 2.24) is 15.5 Å². The third-order valence-corrected chi connectivity index (χ3v) is 5.74. The van der Waals surface area contributed by atoms with Crippen molar-refractivity contribution in [2.75, 3.05) is 33.4 Å². The molecule has 24 heavy (non-hydrogen) atoms. The van der Waals surface area contributed by atoms with E-state index in [0.717, 1.165) is 25.6 Å². The van der Waals surface area contributed by atoms with E-state index in [0.29, 0.717) is 4.75 Å². The second-order valence-corrected chi connectivity index (χ2v) is 8.37. The van der Waals surface area contributed by atoms with E-state index < -0.39 is 0 Å². The average Bonchev–Trinajstić information content (AvgIpc) is 2.95. The minimum absolute atomic E-state index is 0. The Morgan fingerprint density at radius 1 is 1.25 bits per heavy atom. The molecule has 4 nitrogen and oxygen atoms in total. The van der Waals surface area contributed by atoms with Gasteiger partial charge in [-0.05, 0) is 50.7 Å². The maximum atomic E-state index is 4.36. The van der Waals surface area contributed by atoms with Gasteiger partial charge in [0.1, 0.15) is 0 Å². The molecule has 136 valence electrons. The first-order chi connectivity index (χ1) is 11.0. The van der Waals surface area contributed by atoms with E-state index in [9.17, 15) is 0 Å². The number of nitrogens with one attached hydrogen (secondary N) is 2. The van der Waals surface area contributed by atoms with Crippen LogP contribution in [0, 0.1) is 0 Å². The Morgan fingerprint density at radius 3 is 2.54 bits per heavy atom. The Labute approximate surface area is 168 Å². The highest BCUT2D eigenvalue weighted by Crippen LogP contribution is 2.36. The van der Waals surface area contributed by atoms with E-state index in [1.165, 1.54) is 29.7 Å². The van der Waals surface area contributed by atoms with Gasteiger partial charge in [-0.3, -0.25) is 4.99 Å². The number of nitrogens with zero attached hydrogens (tertiary/aromatic N) is 2. The second kappa shape index (κ2) is 10.5. The van der Waals surface area contributed by atoms with Crippen LogP contribution in [0.25, 0.3) is 0 Å². The lowest BCUT2D eigenvalue weighted by Crippen LogP contribution is -2.43. The fourth-order valence-electron chi connectivity index (χ4n) is 2.87. The van der Waals surface area contributed by atoms with Crippen molar-refractivity contribution >= 4 is 41.7 Å². The minimum atomic E-state index is 0. The highest BCUT2D eigenvalue weighted by molar-refractivity contribution is 14.0. The molecule has 0 amide bonds. The molecule has 0 spiro atoms. The predicted octanol–water partition coefficient (Wildman–Crippen LogP) is 3.32. The number of halogens is 1. The van der Waals surface area contributed by atoms with E-state index in [1.54, 1.807) is 0 Å². The van der Waals surface area contributed by atoms with Crippen LogP contribution in [0.2, 0.25) is 0 Å². The molecule has 0 aromatic heterocycles. The first-order valence-corrected chi connectivity index (χ1v) is 9.31. The van der Waals surface area contributed by atoms with Gasteiger partial charge in [-0.25, -0.2) is 0 Å². The third kappa shape index (κ3) is 6.80. The fourth-order valence-corrected chi connectivity index (χ4v) is 4.12. The highest BCUT2D eigenvalue weighted by Gasteiger charge is 2.29. The van der Waals surface area contributed by atoms with Crippen molar-refractivity contribution in [2.45, 2.75) is 37.6 Å². The van der Waals surface area contributed by atoms with Gasteiger partial charge in [-0.15, -0.1) is 24.0 Å². The topological polar surface area (TPSA) is 39.7 Å². The SMILES string of the molecule is CN=C(NCc1ccccc1CN(C)C)NCC1(C)CCCS1.I. The molecule has 6 heteroatoms. The van der Waals surface area contributed by atoms with Gasteiger partial charge in [0, 0.05) is 31.4 Å². The van der Waals surface area contributed by atoms with E-state index >= 15 is 0 Å². The summed E-state index contributed by atoms with van der Waals surface area (Å²) in [5.41, 5.74) is 2.68. The lowest BCUT2D eigenvalue weighted by atomic mass is 10.1. The number of aliphatic imine (C=N–C) groups is 1. The zero-order valence-corrected chi connectivity index (χ0v) is 18.4. The van der Waals surface area contributed by atoms with Crippen molar-refractivity contribution < 1.29 is 0 Å². The Hall–Kier alpha value is -0.470. The summed E-state index contributed by atoms with van der Waals surface area (Å²) < 4.78 is 0.348. The Kier molecular flexibility index (Phi) is 9.44. The monoisotopic (exact) mass is 462 g/mol. The highest BCUT2D eigenvalue weighted by atomic mass is 127. The van der Waals surface area contributed by atoms with Crippen molar-refractivity contribution in [3.05, 3.63) is 35.4 Å². The van der Waals surface area contributed by atoms with Crippen molar-refractivity contribution in [1.29, 1.82) is 0 Å². The van der Waals surface area contributed by atoms with Crippen molar-refractivity contribution in [3.63, 3.8) is 0 Å². The molecule has 1 unspecified atom stereocenters. The summed E-state index contributed by atoms with van der Waals surface area (Å²) in [5, 5.41) is 6.94. The molecule has 1 atom stereocenters. The Bertz CT molecular complexity index is 528. The molecule has 0 radical (unpaired) electrons. The van der Waals surface area contributed by atoms with Crippen LogP contribution in [0.3, 0.4) is 0 Å². The molecule has 0 saturated carbocycles. The number of hydrogen-bond acceptors (Lipinski definition) is 3. The van der Waals surface area contributed by atoms with Crippen LogP contribution in [0.15, 0.2) is 29.3 Å². The van der Waals surface area contributed by atoms with E-state index in [-0.39, 0.29) is 24.0 Å². The number of guanidine groups is 1. The molecule has 1 aromatic carbocycles. The van der Waals surface area contributed by atoms with Gasteiger partial charge in [0.15, 0.2) is 5.96 Å². The number of rotatable bonds is 6. The van der Waals surface area contributed by atoms with Crippen LogP contribution in [-0.4, -0.2) is 49.0 Å². The van der Waals surface area contributed by atoms with Crippen LogP contribution in [0.5, 0.6) is 0 Å². The lowest BCUT2D eigenvalue weighted by molar-refractivity contribution is 0.400. The number of thioether (sulfide) groups is 1. The lowest BCUT2D eigenvalue weighted by Gasteiger charge is -2.24. The summed E-state index contributed by atoms with van der Waals surface area (Å²) in [6.45, 7) is 5.07. The van der Waals surface area contributed by atoms with Crippen LogP contribution in [0.1, 0.15) is 30.9 Å². The van der Waals surface area contributed by atoms with Crippen molar-refractivity contribution in [3.8, 4) is 0 Å². The standard InChI is InChI=1S/C18H30N4S.HI/c1-18(10-7-11-23-18)14-21-17(19-2)20-12-15-8-5-6-9-16(15)13-22(3)4;/h5-6,8-9H,7,10-14H2,1-4H3,(H2,19,20,21);1H. The van der Waals surface area contributed by atoms with Gasteiger partial charge in [0.25, 0.3) is 0 Å². The fraction of sp³-hybridized carbons (Fsp3) is 0.611. The summed E-state index contributed by atoms with van der Waals surface area (Å²) in [6.07, 6.45) is 2.61. The molecule has 1 fully saturated rings. The Morgan fingerprint density at radius 2 is 1.96 bits per heavy atom. The van der Waals surface area contributed by atoms with E-state index in [1.807, 2.05) is 7.05 Å². The summed E-state index contributed by atoms with van der Waals surface area (Å²) in [7, 11) is 6.04. The predicted molar refractivity (Wildman–Crippen MR) is 118 cm³/mol. The zero-order valence-electron chi connectivity index (χ0n) is 15.3. The molecule has 1 saturated heterocycles. The average molecular weight is 462 g/mol. The number of benzene rings is 1. The quantitative estimate of drug-likeness (QED) is 0.387. The second-order valence-electron chi connectivity index (χ2n) is 6.69. The largest absolute Gasteiger partial charge is 0.355 e. The normalized spacial score (nSPS) is 20.8. The van der Waals surface area contributed by atoms with Crippen molar-refractivity contribution in [2.24, 2.45) is 4.99 Å². The third-order valence-electron chi connectivity index (χ3n) is 4.21. The molecule has 1 aliphatic heterocycles. The molecule has 0 aliphatic carbocycles. The minimum Gasteiger partial charge on any atom is -0.355 e. The molecular formula is C18H31IN4S. The van der Waals surface area contributed by atoms with Gasteiger partial charge in [-0.1, -0.05) is 24.3 Å². The molecule has 1 heterocycles. The van der Waals surface area contributed by atoms with Gasteiger partial charge in [-0.2, -0.15) is 11.8 Å². The molecule has 2 rings (SSSR count). The summed E-state index contributed by atoms with van der Waals surface area (Å²) in [6, 6.07) is 8.59.